The van der Waals surface area contributed by atoms with Crippen molar-refractivity contribution in [1.29, 1.82) is 0 Å². The van der Waals surface area contributed by atoms with Gasteiger partial charge in [-0.05, 0) is 32.4 Å². The monoisotopic (exact) mass is 290 g/mol. The van der Waals surface area contributed by atoms with Crippen LogP contribution in [0.25, 0.3) is 0 Å². The molecule has 21 heavy (non-hydrogen) atoms. The Morgan fingerprint density at radius 2 is 2.24 bits per heavy atom. The van der Waals surface area contributed by atoms with Gasteiger partial charge in [-0.15, -0.1) is 0 Å². The van der Waals surface area contributed by atoms with E-state index in [0.717, 1.165) is 26.1 Å². The predicted molar refractivity (Wildman–Crippen MR) is 76.9 cm³/mol. The van der Waals surface area contributed by atoms with Crippen LogP contribution < -0.4 is 5.32 Å². The third-order valence-electron chi connectivity index (χ3n) is 5.20. The molecule has 3 aliphatic rings. The van der Waals surface area contributed by atoms with E-state index in [2.05, 4.69) is 20.2 Å². The van der Waals surface area contributed by atoms with E-state index in [0.29, 0.717) is 23.8 Å². The van der Waals surface area contributed by atoms with Crippen LogP contribution in [0.2, 0.25) is 0 Å². The molecule has 4 atom stereocenters. The van der Waals surface area contributed by atoms with Gasteiger partial charge in [0.25, 0.3) is 5.91 Å². The van der Waals surface area contributed by atoms with Crippen molar-refractivity contribution in [2.24, 2.45) is 5.92 Å². The minimum atomic E-state index is -0.0511. The number of hydrogen-bond donors (Lipinski definition) is 2. The third-order valence-corrected chi connectivity index (χ3v) is 5.20. The second kappa shape index (κ2) is 5.42. The van der Waals surface area contributed by atoms with Crippen LogP contribution in [0.4, 0.5) is 0 Å². The fourth-order valence-corrected chi connectivity index (χ4v) is 4.13. The number of nitrogens with zero attached hydrogens (tertiary/aromatic N) is 2. The SMILES string of the molecule is O=C(N[C@@H]1[C@@H]2CCO[C@@H]2[C@H]1N1CCCCC1)c1cnc[nH]1. The number of rotatable bonds is 3. The first kappa shape index (κ1) is 13.3. The van der Waals surface area contributed by atoms with Gasteiger partial charge in [-0.3, -0.25) is 9.69 Å². The minimum Gasteiger partial charge on any atom is -0.376 e. The lowest BCUT2D eigenvalue weighted by atomic mass is 9.70. The molecular weight excluding hydrogens is 268 g/mol. The smallest absolute Gasteiger partial charge is 0.269 e. The number of imidazole rings is 1. The van der Waals surface area contributed by atoms with Gasteiger partial charge in [-0.25, -0.2) is 4.98 Å². The van der Waals surface area contributed by atoms with E-state index in [1.54, 1.807) is 12.5 Å². The van der Waals surface area contributed by atoms with E-state index in [1.807, 2.05) is 0 Å². The van der Waals surface area contributed by atoms with Crippen LogP contribution in [-0.2, 0) is 4.74 Å². The molecule has 114 valence electrons. The molecule has 2 N–H and O–H groups in total. The molecule has 1 aliphatic carbocycles. The lowest BCUT2D eigenvalue weighted by Crippen LogP contribution is -2.71. The van der Waals surface area contributed by atoms with Gasteiger partial charge in [0.1, 0.15) is 5.69 Å². The van der Waals surface area contributed by atoms with Crippen LogP contribution >= 0.6 is 0 Å². The molecule has 1 saturated carbocycles. The van der Waals surface area contributed by atoms with Crippen molar-refractivity contribution in [3.63, 3.8) is 0 Å². The Morgan fingerprint density at radius 3 is 3.00 bits per heavy atom. The van der Waals surface area contributed by atoms with E-state index >= 15 is 0 Å². The molecule has 0 aromatic carbocycles. The molecule has 1 aromatic rings. The van der Waals surface area contributed by atoms with Gasteiger partial charge in [-0.1, -0.05) is 6.42 Å². The first-order valence-corrected chi connectivity index (χ1v) is 7.99. The van der Waals surface area contributed by atoms with Crippen LogP contribution in [0.5, 0.6) is 0 Å². The van der Waals surface area contributed by atoms with Crippen molar-refractivity contribution in [2.75, 3.05) is 19.7 Å². The summed E-state index contributed by atoms with van der Waals surface area (Å²) in [6, 6.07) is 0.566. The van der Waals surface area contributed by atoms with E-state index in [1.165, 1.54) is 19.3 Å². The molecule has 0 radical (unpaired) electrons. The van der Waals surface area contributed by atoms with Gasteiger partial charge >= 0.3 is 0 Å². The summed E-state index contributed by atoms with van der Waals surface area (Å²) in [5, 5.41) is 3.21. The van der Waals surface area contributed by atoms with E-state index in [-0.39, 0.29) is 11.9 Å². The minimum absolute atomic E-state index is 0.0511. The summed E-state index contributed by atoms with van der Waals surface area (Å²) in [7, 11) is 0. The molecular formula is C15H22N4O2. The number of H-pyrrole nitrogens is 1. The Labute approximate surface area is 124 Å². The number of likely N-dealkylation sites (tertiary alicyclic amines) is 1. The van der Waals surface area contributed by atoms with Gasteiger partial charge in [0.05, 0.1) is 30.7 Å². The molecule has 3 fully saturated rings. The standard InChI is InChI=1S/C15H22N4O2/c20-15(11-8-16-9-17-11)18-12-10-4-7-21-14(10)13(12)19-5-2-1-3-6-19/h8-10,12-14H,1-7H2,(H,16,17)(H,18,20)/t10-,12+,13-,14-/m0/s1. The van der Waals surface area contributed by atoms with Crippen molar-refractivity contribution in [3.05, 3.63) is 18.2 Å². The summed E-state index contributed by atoms with van der Waals surface area (Å²) in [4.78, 5) is 21.6. The summed E-state index contributed by atoms with van der Waals surface area (Å²) >= 11 is 0. The first-order valence-electron chi connectivity index (χ1n) is 7.99. The summed E-state index contributed by atoms with van der Waals surface area (Å²) in [5.74, 6) is 0.425. The van der Waals surface area contributed by atoms with Crippen molar-refractivity contribution < 1.29 is 9.53 Å². The highest BCUT2D eigenvalue weighted by atomic mass is 16.5. The van der Waals surface area contributed by atoms with Crippen molar-refractivity contribution in [3.8, 4) is 0 Å². The van der Waals surface area contributed by atoms with Crippen LogP contribution in [0.1, 0.15) is 36.2 Å². The number of aromatic nitrogens is 2. The summed E-state index contributed by atoms with van der Waals surface area (Å²) < 4.78 is 5.91. The Kier molecular flexibility index (Phi) is 3.43. The molecule has 0 bridgehead atoms. The van der Waals surface area contributed by atoms with Gasteiger partial charge in [-0.2, -0.15) is 0 Å². The predicted octanol–water partition coefficient (Wildman–Crippen LogP) is 0.781. The Balaban J connectivity index is 1.47. The number of nitrogens with one attached hydrogen (secondary N) is 2. The summed E-state index contributed by atoms with van der Waals surface area (Å²) in [6.45, 7) is 3.09. The maximum absolute atomic E-state index is 12.3. The van der Waals surface area contributed by atoms with Crippen molar-refractivity contribution >= 4 is 5.91 Å². The van der Waals surface area contributed by atoms with E-state index in [4.69, 9.17) is 4.74 Å². The number of fused-ring (bicyclic) bond motifs is 1. The Hall–Kier alpha value is -1.40. The zero-order valence-corrected chi connectivity index (χ0v) is 12.1. The number of ether oxygens (including phenoxy) is 1. The Bertz CT molecular complexity index is 498. The quantitative estimate of drug-likeness (QED) is 0.863. The van der Waals surface area contributed by atoms with Gasteiger partial charge < -0.3 is 15.0 Å². The number of carbonyl (C=O) groups excluding carboxylic acids is 1. The van der Waals surface area contributed by atoms with Crippen LogP contribution in [0, 0.1) is 5.92 Å². The molecule has 6 nitrogen and oxygen atoms in total. The molecule has 1 aromatic heterocycles. The molecule has 0 spiro atoms. The maximum atomic E-state index is 12.3. The lowest BCUT2D eigenvalue weighted by molar-refractivity contribution is -0.0862. The van der Waals surface area contributed by atoms with Crippen molar-refractivity contribution in [1.82, 2.24) is 20.2 Å². The third kappa shape index (κ3) is 2.26. The maximum Gasteiger partial charge on any atom is 0.269 e. The van der Waals surface area contributed by atoms with Gasteiger partial charge in [0, 0.05) is 12.5 Å². The highest BCUT2D eigenvalue weighted by molar-refractivity contribution is 5.92. The molecule has 1 amide bonds. The molecule has 6 heteroatoms. The molecule has 2 saturated heterocycles. The zero-order chi connectivity index (χ0) is 14.2. The largest absolute Gasteiger partial charge is 0.376 e. The number of aromatic amines is 1. The number of carbonyl (C=O) groups is 1. The van der Waals surface area contributed by atoms with E-state index in [9.17, 15) is 4.79 Å². The second-order valence-corrected chi connectivity index (χ2v) is 6.34. The zero-order valence-electron chi connectivity index (χ0n) is 12.1. The molecule has 3 heterocycles. The van der Waals surface area contributed by atoms with Gasteiger partial charge in [0.15, 0.2) is 0 Å². The number of piperidine rings is 1. The highest BCUT2D eigenvalue weighted by Crippen LogP contribution is 2.42. The van der Waals surface area contributed by atoms with E-state index < -0.39 is 0 Å². The van der Waals surface area contributed by atoms with Gasteiger partial charge in [0.2, 0.25) is 0 Å². The van der Waals surface area contributed by atoms with Crippen molar-refractivity contribution in [2.45, 2.75) is 43.9 Å². The fourth-order valence-electron chi connectivity index (χ4n) is 4.13. The number of amides is 1. The second-order valence-electron chi connectivity index (χ2n) is 6.34. The lowest BCUT2D eigenvalue weighted by Gasteiger charge is -2.53. The molecule has 2 aliphatic heterocycles. The summed E-state index contributed by atoms with van der Waals surface area (Å²) in [6.07, 6.45) is 8.33. The van der Waals surface area contributed by atoms with Crippen LogP contribution in [-0.4, -0.2) is 58.7 Å². The fraction of sp³-hybridized carbons (Fsp3) is 0.733. The topological polar surface area (TPSA) is 70.2 Å². The van der Waals surface area contributed by atoms with Crippen LogP contribution in [0.15, 0.2) is 12.5 Å². The average Bonchev–Trinajstić information content (AvgIpc) is 3.16. The first-order chi connectivity index (χ1) is 10.3. The molecule has 0 unspecified atom stereocenters. The summed E-state index contributed by atoms with van der Waals surface area (Å²) in [5.41, 5.74) is 0.537. The molecule has 4 rings (SSSR count). The normalized spacial score (nSPS) is 36.0. The average molecular weight is 290 g/mol. The Morgan fingerprint density at radius 1 is 1.38 bits per heavy atom. The van der Waals surface area contributed by atoms with Crippen LogP contribution in [0.3, 0.4) is 0 Å². The highest BCUT2D eigenvalue weighted by Gasteiger charge is 2.56. The number of hydrogen-bond acceptors (Lipinski definition) is 4.